The van der Waals surface area contributed by atoms with Crippen LogP contribution >= 0.6 is 0 Å². The maximum Gasteiger partial charge on any atom is 0.0443 e. The van der Waals surface area contributed by atoms with Crippen molar-refractivity contribution in [1.82, 2.24) is 4.90 Å². The zero-order valence-electron chi connectivity index (χ0n) is 9.16. The van der Waals surface area contributed by atoms with E-state index in [1.54, 1.807) is 0 Å². The first-order valence-electron chi connectivity index (χ1n) is 5.48. The van der Waals surface area contributed by atoms with Crippen molar-refractivity contribution in [2.75, 3.05) is 20.2 Å². The van der Waals surface area contributed by atoms with Crippen LogP contribution in [0.1, 0.15) is 33.1 Å². The zero-order valence-corrected chi connectivity index (χ0v) is 9.16. The second kappa shape index (κ2) is 4.97. The van der Waals surface area contributed by atoms with E-state index in [9.17, 15) is 0 Å². The lowest BCUT2D eigenvalue weighted by atomic mass is 9.72. The van der Waals surface area contributed by atoms with Crippen LogP contribution in [0, 0.1) is 11.8 Å². The van der Waals surface area contributed by atoms with Crippen LogP contribution < -0.4 is 0 Å². The Morgan fingerprint density at radius 1 is 1.38 bits per heavy atom. The predicted molar refractivity (Wildman–Crippen MR) is 55.7 cm³/mol. The standard InChI is InChI=1S/C11H23NO/c1-9(2)10-5-6-11(10)12(3)7-4-8-13/h9-11,13H,4-8H2,1-3H3. The van der Waals surface area contributed by atoms with Crippen molar-refractivity contribution in [3.63, 3.8) is 0 Å². The van der Waals surface area contributed by atoms with Gasteiger partial charge in [0.15, 0.2) is 0 Å². The van der Waals surface area contributed by atoms with Gasteiger partial charge in [0.05, 0.1) is 0 Å². The van der Waals surface area contributed by atoms with Crippen molar-refractivity contribution in [3.05, 3.63) is 0 Å². The van der Waals surface area contributed by atoms with Crippen LogP contribution in [0.15, 0.2) is 0 Å². The fourth-order valence-corrected chi connectivity index (χ4v) is 2.32. The van der Waals surface area contributed by atoms with Crippen LogP contribution in [0.5, 0.6) is 0 Å². The summed E-state index contributed by atoms with van der Waals surface area (Å²) >= 11 is 0. The third-order valence-electron chi connectivity index (χ3n) is 3.38. The number of nitrogens with zero attached hydrogens (tertiary/aromatic N) is 1. The molecule has 2 atom stereocenters. The molecule has 0 bridgehead atoms. The molecule has 0 radical (unpaired) electrons. The molecule has 1 aliphatic carbocycles. The highest BCUT2D eigenvalue weighted by molar-refractivity contribution is 4.89. The Morgan fingerprint density at radius 3 is 2.46 bits per heavy atom. The minimum absolute atomic E-state index is 0.323. The van der Waals surface area contributed by atoms with Gasteiger partial charge in [-0.05, 0) is 38.1 Å². The van der Waals surface area contributed by atoms with E-state index in [2.05, 4.69) is 25.8 Å². The maximum absolute atomic E-state index is 8.74. The summed E-state index contributed by atoms with van der Waals surface area (Å²) in [7, 11) is 2.19. The molecule has 0 aromatic rings. The highest BCUT2D eigenvalue weighted by atomic mass is 16.3. The van der Waals surface area contributed by atoms with E-state index in [0.29, 0.717) is 6.61 Å². The van der Waals surface area contributed by atoms with Crippen molar-refractivity contribution >= 4 is 0 Å². The van der Waals surface area contributed by atoms with Crippen LogP contribution in [-0.2, 0) is 0 Å². The molecule has 2 unspecified atom stereocenters. The average molecular weight is 185 g/mol. The van der Waals surface area contributed by atoms with E-state index in [4.69, 9.17) is 5.11 Å². The van der Waals surface area contributed by atoms with Crippen LogP contribution in [-0.4, -0.2) is 36.2 Å². The lowest BCUT2D eigenvalue weighted by Crippen LogP contribution is -2.47. The molecule has 0 amide bonds. The smallest absolute Gasteiger partial charge is 0.0443 e. The third-order valence-corrected chi connectivity index (χ3v) is 3.38. The van der Waals surface area contributed by atoms with Gasteiger partial charge in [0.25, 0.3) is 0 Å². The molecule has 1 fully saturated rings. The highest BCUT2D eigenvalue weighted by Gasteiger charge is 2.35. The Morgan fingerprint density at radius 2 is 2.08 bits per heavy atom. The molecule has 0 heterocycles. The number of aliphatic hydroxyl groups is 1. The van der Waals surface area contributed by atoms with Gasteiger partial charge in [-0.25, -0.2) is 0 Å². The van der Waals surface area contributed by atoms with Gasteiger partial charge < -0.3 is 10.0 Å². The predicted octanol–water partition coefficient (Wildman–Crippen LogP) is 1.74. The monoisotopic (exact) mass is 185 g/mol. The lowest BCUT2D eigenvalue weighted by Gasteiger charge is -2.45. The van der Waals surface area contributed by atoms with Crippen molar-refractivity contribution in [1.29, 1.82) is 0 Å². The normalized spacial score (nSPS) is 28.2. The summed E-state index contributed by atoms with van der Waals surface area (Å²) in [5.74, 6) is 1.71. The SMILES string of the molecule is CC(C)C1CCC1N(C)CCCO. The topological polar surface area (TPSA) is 23.5 Å². The van der Waals surface area contributed by atoms with Gasteiger partial charge >= 0.3 is 0 Å². The first kappa shape index (κ1) is 11.0. The zero-order chi connectivity index (χ0) is 9.84. The minimum Gasteiger partial charge on any atom is -0.396 e. The minimum atomic E-state index is 0.323. The van der Waals surface area contributed by atoms with Crippen LogP contribution in [0.4, 0.5) is 0 Å². The van der Waals surface area contributed by atoms with Gasteiger partial charge in [0, 0.05) is 19.2 Å². The van der Waals surface area contributed by atoms with Gasteiger partial charge in [0.2, 0.25) is 0 Å². The second-order valence-corrected chi connectivity index (χ2v) is 4.61. The fraction of sp³-hybridized carbons (Fsp3) is 1.00. The molecule has 1 rings (SSSR count). The Labute approximate surface area is 81.9 Å². The van der Waals surface area contributed by atoms with Crippen molar-refractivity contribution in [2.24, 2.45) is 11.8 Å². The molecular weight excluding hydrogens is 162 g/mol. The summed E-state index contributed by atoms with van der Waals surface area (Å²) in [6, 6.07) is 0.784. The van der Waals surface area contributed by atoms with Crippen LogP contribution in [0.3, 0.4) is 0 Å². The number of aliphatic hydroxyl groups excluding tert-OH is 1. The number of hydrogen-bond donors (Lipinski definition) is 1. The number of hydrogen-bond acceptors (Lipinski definition) is 2. The average Bonchev–Trinajstić information content (AvgIpc) is 1.97. The van der Waals surface area contributed by atoms with Gasteiger partial charge in [-0.1, -0.05) is 13.8 Å². The van der Waals surface area contributed by atoms with Gasteiger partial charge in [-0.2, -0.15) is 0 Å². The van der Waals surface area contributed by atoms with E-state index in [-0.39, 0.29) is 0 Å². The summed E-state index contributed by atoms with van der Waals surface area (Å²) in [6.45, 7) is 6.00. The molecule has 0 saturated heterocycles. The van der Waals surface area contributed by atoms with E-state index in [1.165, 1.54) is 12.8 Å². The quantitative estimate of drug-likeness (QED) is 0.705. The first-order valence-corrected chi connectivity index (χ1v) is 5.48. The lowest BCUT2D eigenvalue weighted by molar-refractivity contribution is 0.0501. The Bertz CT molecular complexity index is 147. The Hall–Kier alpha value is -0.0800. The largest absolute Gasteiger partial charge is 0.396 e. The Balaban J connectivity index is 2.26. The van der Waals surface area contributed by atoms with Crippen molar-refractivity contribution in [2.45, 2.75) is 39.2 Å². The third kappa shape index (κ3) is 2.68. The molecule has 0 aromatic carbocycles. The molecule has 13 heavy (non-hydrogen) atoms. The summed E-state index contributed by atoms with van der Waals surface area (Å²) in [6.07, 6.45) is 3.66. The molecule has 0 aliphatic heterocycles. The summed E-state index contributed by atoms with van der Waals surface area (Å²) in [4.78, 5) is 2.42. The highest BCUT2D eigenvalue weighted by Crippen LogP contribution is 2.36. The van der Waals surface area contributed by atoms with E-state index < -0.39 is 0 Å². The van der Waals surface area contributed by atoms with E-state index in [1.807, 2.05) is 0 Å². The molecule has 1 saturated carbocycles. The molecule has 2 nitrogen and oxygen atoms in total. The maximum atomic E-state index is 8.74. The van der Waals surface area contributed by atoms with Gasteiger partial charge in [-0.3, -0.25) is 0 Å². The van der Waals surface area contributed by atoms with Crippen molar-refractivity contribution < 1.29 is 5.11 Å². The summed E-state index contributed by atoms with van der Waals surface area (Å²) in [5.41, 5.74) is 0. The fourth-order valence-electron chi connectivity index (χ4n) is 2.32. The number of rotatable bonds is 5. The molecule has 78 valence electrons. The summed E-state index contributed by atoms with van der Waals surface area (Å²) in [5, 5.41) is 8.74. The van der Waals surface area contributed by atoms with Crippen molar-refractivity contribution in [3.8, 4) is 0 Å². The molecule has 1 N–H and O–H groups in total. The Kier molecular flexibility index (Phi) is 4.20. The summed E-state index contributed by atoms with van der Waals surface area (Å²) < 4.78 is 0. The van der Waals surface area contributed by atoms with Gasteiger partial charge in [-0.15, -0.1) is 0 Å². The van der Waals surface area contributed by atoms with Crippen LogP contribution in [0.2, 0.25) is 0 Å². The van der Waals surface area contributed by atoms with Crippen LogP contribution in [0.25, 0.3) is 0 Å². The van der Waals surface area contributed by atoms with Gasteiger partial charge in [0.1, 0.15) is 0 Å². The molecular formula is C11H23NO. The molecule has 0 spiro atoms. The molecule has 2 heteroatoms. The van der Waals surface area contributed by atoms with E-state index in [0.717, 1.165) is 30.8 Å². The molecule has 1 aliphatic rings. The first-order chi connectivity index (χ1) is 6.16. The second-order valence-electron chi connectivity index (χ2n) is 4.61. The van der Waals surface area contributed by atoms with E-state index >= 15 is 0 Å². The molecule has 0 aromatic heterocycles.